The van der Waals surface area contributed by atoms with E-state index in [1.54, 1.807) is 31.2 Å². The van der Waals surface area contributed by atoms with Gasteiger partial charge in [0.15, 0.2) is 0 Å². The molecule has 0 radical (unpaired) electrons. The molecule has 0 bridgehead atoms. The Hall–Kier alpha value is -2.45. The number of carbonyl (C=O) groups is 2. The minimum atomic E-state index is -0.394. The Morgan fingerprint density at radius 3 is 2.38 bits per heavy atom. The molecule has 7 nitrogen and oxygen atoms in total. The highest BCUT2D eigenvalue weighted by molar-refractivity contribution is 7.11. The molecule has 2 aromatic rings. The van der Waals surface area contributed by atoms with Gasteiger partial charge in [0.1, 0.15) is 11.5 Å². The van der Waals surface area contributed by atoms with Crippen molar-refractivity contribution >= 4 is 28.9 Å². The molecule has 1 amide bonds. The highest BCUT2D eigenvalue weighted by Gasteiger charge is 2.14. The number of carbonyl (C=O) groups excluding carboxylic acids is 2. The van der Waals surface area contributed by atoms with Crippen LogP contribution < -0.4 is 10.2 Å². The highest BCUT2D eigenvalue weighted by atomic mass is 32.1. The minimum absolute atomic E-state index is 0.268. The number of hydrogen-bond donors (Lipinski definition) is 2. The lowest BCUT2D eigenvalue weighted by Gasteiger charge is -2.17. The van der Waals surface area contributed by atoms with Crippen LogP contribution in [0.3, 0.4) is 0 Å². The van der Waals surface area contributed by atoms with Gasteiger partial charge in [0.05, 0.1) is 5.56 Å². The van der Waals surface area contributed by atoms with Crippen molar-refractivity contribution in [2.45, 2.75) is 20.8 Å². The van der Waals surface area contributed by atoms with Crippen molar-refractivity contribution in [1.29, 1.82) is 0 Å². The lowest BCUT2D eigenvalue weighted by Crippen LogP contribution is -2.27. The number of nitrogens with zero attached hydrogens (tertiary/aromatic N) is 1. The van der Waals surface area contributed by atoms with Crippen molar-refractivity contribution in [3.63, 3.8) is 0 Å². The molecule has 0 unspecified atom stereocenters. The molecular weight excluding hydrogens is 354 g/mol. The topological polar surface area (TPSA) is 91.5 Å². The molecule has 8 heteroatoms. The first-order valence-electron chi connectivity index (χ1n) is 8.45. The van der Waals surface area contributed by atoms with Gasteiger partial charge in [0, 0.05) is 17.9 Å². The van der Waals surface area contributed by atoms with Crippen molar-refractivity contribution in [1.82, 2.24) is 9.88 Å². The number of benzene rings is 1. The Morgan fingerprint density at radius 1 is 1.19 bits per heavy atom. The Labute approximate surface area is 156 Å². The van der Waals surface area contributed by atoms with Crippen LogP contribution in [0.25, 0.3) is 0 Å². The Kier molecular flexibility index (Phi) is 7.11. The van der Waals surface area contributed by atoms with Crippen LogP contribution in [0.4, 0.5) is 5.69 Å². The number of anilines is 1. The number of aromatic nitrogens is 1. The molecular formula is C18H23N3O4S. The van der Waals surface area contributed by atoms with Crippen LogP contribution in [0, 0.1) is 6.92 Å². The average Bonchev–Trinajstić information content (AvgIpc) is 2.97. The maximum Gasteiger partial charge on any atom is 0.338 e. The fourth-order valence-corrected chi connectivity index (χ4v) is 3.13. The summed E-state index contributed by atoms with van der Waals surface area (Å²) in [4.78, 5) is 40.3. The first-order valence-corrected chi connectivity index (χ1v) is 9.26. The number of likely N-dealkylation sites (N-methyl/N-ethyl adjacent to an activating group) is 1. The molecule has 0 aliphatic rings. The number of ether oxygens (including phenoxy) is 1. The van der Waals surface area contributed by atoms with Gasteiger partial charge in [-0.25, -0.2) is 4.79 Å². The van der Waals surface area contributed by atoms with Crippen LogP contribution >= 0.6 is 11.3 Å². The lowest BCUT2D eigenvalue weighted by atomic mass is 10.2. The van der Waals surface area contributed by atoms with Crippen molar-refractivity contribution in [2.24, 2.45) is 0 Å². The van der Waals surface area contributed by atoms with E-state index in [4.69, 9.17) is 4.74 Å². The molecule has 0 spiro atoms. The van der Waals surface area contributed by atoms with Crippen molar-refractivity contribution < 1.29 is 14.3 Å². The van der Waals surface area contributed by atoms with Crippen molar-refractivity contribution in [3.8, 4) is 0 Å². The molecule has 26 heavy (non-hydrogen) atoms. The van der Waals surface area contributed by atoms with Crippen molar-refractivity contribution in [3.05, 3.63) is 50.1 Å². The predicted molar refractivity (Wildman–Crippen MR) is 102 cm³/mol. The maximum atomic E-state index is 12.2. The zero-order valence-corrected chi connectivity index (χ0v) is 15.9. The predicted octanol–water partition coefficient (Wildman–Crippen LogP) is 2.50. The van der Waals surface area contributed by atoms with E-state index in [9.17, 15) is 14.4 Å². The normalized spacial score (nSPS) is 10.8. The summed E-state index contributed by atoms with van der Waals surface area (Å²) >= 11 is 0.863. The Balaban J connectivity index is 1.91. The monoisotopic (exact) mass is 377 g/mol. The van der Waals surface area contributed by atoms with E-state index in [0.717, 1.165) is 24.4 Å². The van der Waals surface area contributed by atoms with Crippen LogP contribution in [-0.2, 0) is 4.74 Å². The average molecular weight is 377 g/mol. The van der Waals surface area contributed by atoms with Crippen LogP contribution in [0.5, 0.6) is 0 Å². The van der Waals surface area contributed by atoms with Crippen LogP contribution in [0.1, 0.15) is 39.6 Å². The molecule has 0 aliphatic carbocycles. The van der Waals surface area contributed by atoms with Gasteiger partial charge >= 0.3 is 10.8 Å². The van der Waals surface area contributed by atoms with E-state index >= 15 is 0 Å². The van der Waals surface area contributed by atoms with Crippen molar-refractivity contribution in [2.75, 3.05) is 31.6 Å². The smallest absolute Gasteiger partial charge is 0.338 e. The van der Waals surface area contributed by atoms with Gasteiger partial charge in [-0.3, -0.25) is 9.59 Å². The van der Waals surface area contributed by atoms with Crippen LogP contribution in [-0.4, -0.2) is 48.0 Å². The number of esters is 1. The summed E-state index contributed by atoms with van der Waals surface area (Å²) in [7, 11) is 0. The summed E-state index contributed by atoms with van der Waals surface area (Å²) in [5.74, 6) is -0.755. The number of aryl methyl sites for hydroxylation is 1. The third-order valence-corrected chi connectivity index (χ3v) is 4.93. The Bertz CT molecular complexity index is 807. The molecule has 140 valence electrons. The second kappa shape index (κ2) is 9.30. The van der Waals surface area contributed by atoms with Gasteiger partial charge in [0.25, 0.3) is 5.91 Å². The van der Waals surface area contributed by atoms with Crippen LogP contribution in [0.15, 0.2) is 29.1 Å². The van der Waals surface area contributed by atoms with E-state index in [1.165, 1.54) is 0 Å². The number of thiazole rings is 1. The fraction of sp³-hybridized carbons (Fsp3) is 0.389. The fourth-order valence-electron chi connectivity index (χ4n) is 2.39. The second-order valence-electron chi connectivity index (χ2n) is 5.66. The molecule has 1 heterocycles. The number of aromatic amines is 1. The third kappa shape index (κ3) is 5.27. The molecule has 0 aliphatic heterocycles. The quantitative estimate of drug-likeness (QED) is 0.690. The van der Waals surface area contributed by atoms with Gasteiger partial charge in [-0.2, -0.15) is 0 Å². The molecule has 1 aromatic heterocycles. The zero-order chi connectivity index (χ0) is 19.1. The molecule has 2 rings (SSSR count). The van der Waals surface area contributed by atoms with E-state index in [0.29, 0.717) is 35.0 Å². The standard InChI is InChI=1S/C18H23N3O4S/c1-4-21(5-2)10-11-25-17(23)13-6-8-14(9-7-13)20-16(22)15-12(3)19-18(24)26-15/h6-9H,4-5,10-11H2,1-3H3,(H,19,24)(H,20,22). The van der Waals surface area contributed by atoms with Gasteiger partial charge in [-0.1, -0.05) is 25.2 Å². The number of nitrogens with one attached hydrogen (secondary N) is 2. The number of hydrogen-bond acceptors (Lipinski definition) is 6. The van der Waals surface area contributed by atoms with Gasteiger partial charge < -0.3 is 19.9 Å². The molecule has 2 N–H and O–H groups in total. The minimum Gasteiger partial charge on any atom is -0.461 e. The first-order chi connectivity index (χ1) is 12.4. The SMILES string of the molecule is CCN(CC)CCOC(=O)c1ccc(NC(=O)c2sc(=O)[nH]c2C)cc1. The summed E-state index contributed by atoms with van der Waals surface area (Å²) in [5, 5.41) is 2.71. The Morgan fingerprint density at radius 2 is 1.85 bits per heavy atom. The number of rotatable bonds is 8. The summed E-state index contributed by atoms with van der Waals surface area (Å²) in [5.41, 5.74) is 1.49. The van der Waals surface area contributed by atoms with E-state index in [-0.39, 0.29) is 10.8 Å². The molecule has 1 aromatic carbocycles. The zero-order valence-electron chi connectivity index (χ0n) is 15.1. The van der Waals surface area contributed by atoms with E-state index in [1.807, 2.05) is 0 Å². The first kappa shape index (κ1) is 19.9. The summed E-state index contributed by atoms with van der Waals surface area (Å²) in [6.07, 6.45) is 0. The van der Waals surface area contributed by atoms with E-state index < -0.39 is 5.97 Å². The third-order valence-electron chi connectivity index (χ3n) is 3.94. The lowest BCUT2D eigenvalue weighted by molar-refractivity contribution is 0.0466. The van der Waals surface area contributed by atoms with Crippen LogP contribution in [0.2, 0.25) is 0 Å². The number of amides is 1. The van der Waals surface area contributed by atoms with Gasteiger partial charge in [-0.15, -0.1) is 0 Å². The molecule has 0 saturated carbocycles. The maximum absolute atomic E-state index is 12.2. The van der Waals surface area contributed by atoms with Gasteiger partial charge in [-0.05, 0) is 44.3 Å². The second-order valence-corrected chi connectivity index (χ2v) is 6.65. The van der Waals surface area contributed by atoms with Gasteiger partial charge in [0.2, 0.25) is 0 Å². The highest BCUT2D eigenvalue weighted by Crippen LogP contribution is 2.14. The number of H-pyrrole nitrogens is 1. The summed E-state index contributed by atoms with van der Waals surface area (Å²) in [6, 6.07) is 6.46. The largest absolute Gasteiger partial charge is 0.461 e. The molecule has 0 fully saturated rings. The summed E-state index contributed by atoms with van der Waals surface area (Å²) < 4.78 is 5.27. The molecule has 0 atom stereocenters. The molecule has 0 saturated heterocycles. The summed E-state index contributed by atoms with van der Waals surface area (Å²) in [6.45, 7) is 8.66. The van der Waals surface area contributed by atoms with E-state index in [2.05, 4.69) is 29.0 Å².